The van der Waals surface area contributed by atoms with Gasteiger partial charge in [0.15, 0.2) is 0 Å². The first kappa shape index (κ1) is 10.5. The first-order chi connectivity index (χ1) is 7.09. The summed E-state index contributed by atoms with van der Waals surface area (Å²) < 4.78 is 1.93. The number of nitrogens with zero attached hydrogens (tertiary/aromatic N) is 2. The van der Waals surface area contributed by atoms with Gasteiger partial charge in [-0.1, -0.05) is 11.6 Å². The van der Waals surface area contributed by atoms with Gasteiger partial charge >= 0.3 is 0 Å². The number of aliphatic hydroxyl groups is 1. The molecule has 2 aromatic rings. The lowest BCUT2D eigenvalue weighted by Crippen LogP contribution is -2.10. The average Bonchev–Trinajstić information content (AvgIpc) is 2.44. The first-order valence-corrected chi connectivity index (χ1v) is 5.25. The number of rotatable bonds is 2. The number of aliphatic hydroxyl groups excluding tert-OH is 1. The Hall–Kier alpha value is -1.06. The zero-order chi connectivity index (χ0) is 11.0. The summed E-state index contributed by atoms with van der Waals surface area (Å²) in [6, 6.07) is 1.78. The van der Waals surface area contributed by atoms with Crippen LogP contribution in [-0.4, -0.2) is 20.8 Å². The zero-order valence-corrected chi connectivity index (χ0v) is 9.49. The molecule has 80 valence electrons. The fourth-order valence-corrected chi connectivity index (χ4v) is 2.08. The highest BCUT2D eigenvalue weighted by atomic mass is 35.5. The Morgan fingerprint density at radius 2 is 2.33 bits per heavy atom. The monoisotopic (exact) mass is 224 g/mol. The van der Waals surface area contributed by atoms with E-state index in [0.29, 0.717) is 11.6 Å². The van der Waals surface area contributed by atoms with Crippen molar-refractivity contribution in [1.82, 2.24) is 9.55 Å². The van der Waals surface area contributed by atoms with Gasteiger partial charge in [-0.2, -0.15) is 0 Å². The Bertz CT molecular complexity index is 491. The van der Waals surface area contributed by atoms with Crippen LogP contribution in [0.5, 0.6) is 0 Å². The molecule has 0 aliphatic carbocycles. The fourth-order valence-electron chi connectivity index (χ4n) is 1.79. The molecule has 1 unspecified atom stereocenters. The number of pyridine rings is 1. The van der Waals surface area contributed by atoms with E-state index in [2.05, 4.69) is 4.98 Å². The summed E-state index contributed by atoms with van der Waals surface area (Å²) in [5, 5.41) is 11.0. The summed E-state index contributed by atoms with van der Waals surface area (Å²) in [6.45, 7) is 4.29. The quantitative estimate of drug-likeness (QED) is 0.851. The van der Waals surface area contributed by atoms with E-state index in [1.54, 1.807) is 19.2 Å². The lowest BCUT2D eigenvalue weighted by atomic mass is 10.2. The standard InChI is InChI=1S/C11H13ClN2O/c1-7-5-14(6-8(2)15)11-10(7)9(12)3-4-13-11/h3-5,8,15H,6H2,1-2H3. The molecule has 0 fully saturated rings. The Balaban J connectivity index is 2.63. The lowest BCUT2D eigenvalue weighted by Gasteiger charge is -2.06. The summed E-state index contributed by atoms with van der Waals surface area (Å²) in [5.41, 5.74) is 1.92. The van der Waals surface area contributed by atoms with Crippen LogP contribution in [0.4, 0.5) is 0 Å². The van der Waals surface area contributed by atoms with Crippen LogP contribution in [0.25, 0.3) is 11.0 Å². The van der Waals surface area contributed by atoms with Crippen molar-refractivity contribution in [3.05, 3.63) is 29.0 Å². The van der Waals surface area contributed by atoms with Crippen molar-refractivity contribution in [2.24, 2.45) is 0 Å². The molecule has 0 saturated heterocycles. The molecule has 0 saturated carbocycles. The second-order valence-corrected chi connectivity index (χ2v) is 4.21. The average molecular weight is 225 g/mol. The van der Waals surface area contributed by atoms with Gasteiger partial charge in [-0.25, -0.2) is 4.98 Å². The first-order valence-electron chi connectivity index (χ1n) is 4.87. The molecule has 0 bridgehead atoms. The van der Waals surface area contributed by atoms with Gasteiger partial charge in [0.05, 0.1) is 11.1 Å². The van der Waals surface area contributed by atoms with Gasteiger partial charge in [0.2, 0.25) is 0 Å². The number of halogens is 1. The summed E-state index contributed by atoms with van der Waals surface area (Å²) in [6.07, 6.45) is 3.26. The van der Waals surface area contributed by atoms with Gasteiger partial charge < -0.3 is 9.67 Å². The third kappa shape index (κ3) is 1.85. The molecule has 2 aromatic heterocycles. The van der Waals surface area contributed by atoms with E-state index >= 15 is 0 Å². The maximum atomic E-state index is 9.36. The number of fused-ring (bicyclic) bond motifs is 1. The van der Waals surface area contributed by atoms with Crippen LogP contribution >= 0.6 is 11.6 Å². The molecule has 2 heterocycles. The lowest BCUT2D eigenvalue weighted by molar-refractivity contribution is 0.175. The number of hydrogen-bond donors (Lipinski definition) is 1. The molecule has 3 nitrogen and oxygen atoms in total. The molecule has 4 heteroatoms. The molecule has 0 aromatic carbocycles. The van der Waals surface area contributed by atoms with Crippen molar-refractivity contribution < 1.29 is 5.11 Å². The third-order valence-electron chi connectivity index (χ3n) is 2.36. The predicted molar refractivity (Wildman–Crippen MR) is 61.2 cm³/mol. The normalized spacial score (nSPS) is 13.3. The van der Waals surface area contributed by atoms with Gasteiger partial charge in [-0.05, 0) is 25.5 Å². The second kappa shape index (κ2) is 3.83. The third-order valence-corrected chi connectivity index (χ3v) is 2.67. The molecular weight excluding hydrogens is 212 g/mol. The zero-order valence-electron chi connectivity index (χ0n) is 8.74. The predicted octanol–water partition coefficient (Wildman–Crippen LogP) is 2.38. The molecule has 1 atom stereocenters. The number of aromatic nitrogens is 2. The van der Waals surface area contributed by atoms with E-state index in [0.717, 1.165) is 16.6 Å². The van der Waals surface area contributed by atoms with Crippen molar-refractivity contribution in [3.8, 4) is 0 Å². The van der Waals surface area contributed by atoms with Crippen molar-refractivity contribution in [1.29, 1.82) is 0 Å². The van der Waals surface area contributed by atoms with Crippen LogP contribution < -0.4 is 0 Å². The van der Waals surface area contributed by atoms with Crippen LogP contribution in [-0.2, 0) is 6.54 Å². The minimum Gasteiger partial charge on any atom is -0.392 e. The van der Waals surface area contributed by atoms with Gasteiger partial charge in [0.1, 0.15) is 5.65 Å². The SMILES string of the molecule is Cc1cn(CC(C)O)c2nccc(Cl)c12. The van der Waals surface area contributed by atoms with Crippen LogP contribution in [0.3, 0.4) is 0 Å². The summed E-state index contributed by atoms with van der Waals surface area (Å²) >= 11 is 6.10. The van der Waals surface area contributed by atoms with E-state index in [9.17, 15) is 5.11 Å². The Morgan fingerprint density at radius 1 is 1.60 bits per heavy atom. The second-order valence-electron chi connectivity index (χ2n) is 3.80. The van der Waals surface area contributed by atoms with Crippen molar-refractivity contribution >= 4 is 22.6 Å². The minimum absolute atomic E-state index is 0.388. The highest BCUT2D eigenvalue weighted by molar-refractivity contribution is 6.35. The van der Waals surface area contributed by atoms with E-state index < -0.39 is 0 Å². The molecule has 15 heavy (non-hydrogen) atoms. The fraction of sp³-hybridized carbons (Fsp3) is 0.364. The number of hydrogen-bond acceptors (Lipinski definition) is 2. The molecule has 2 rings (SSSR count). The minimum atomic E-state index is -0.388. The van der Waals surface area contributed by atoms with E-state index in [1.165, 1.54) is 0 Å². The highest BCUT2D eigenvalue weighted by Gasteiger charge is 2.10. The van der Waals surface area contributed by atoms with Crippen LogP contribution in [0.15, 0.2) is 18.5 Å². The molecule has 0 radical (unpaired) electrons. The van der Waals surface area contributed by atoms with E-state index in [4.69, 9.17) is 11.6 Å². The summed E-state index contributed by atoms with van der Waals surface area (Å²) in [5.74, 6) is 0. The van der Waals surface area contributed by atoms with Gasteiger partial charge in [-0.15, -0.1) is 0 Å². The van der Waals surface area contributed by atoms with Crippen LogP contribution in [0.2, 0.25) is 5.02 Å². The van der Waals surface area contributed by atoms with E-state index in [1.807, 2.05) is 17.7 Å². The Labute approximate surface area is 93.3 Å². The molecule has 1 N–H and O–H groups in total. The molecule has 0 amide bonds. The number of aryl methyl sites for hydroxylation is 1. The van der Waals surface area contributed by atoms with Gasteiger partial charge in [0.25, 0.3) is 0 Å². The summed E-state index contributed by atoms with van der Waals surface area (Å²) in [7, 11) is 0. The van der Waals surface area contributed by atoms with E-state index in [-0.39, 0.29) is 6.10 Å². The molecule has 0 spiro atoms. The maximum absolute atomic E-state index is 9.36. The summed E-state index contributed by atoms with van der Waals surface area (Å²) in [4.78, 5) is 4.28. The van der Waals surface area contributed by atoms with Crippen LogP contribution in [0, 0.1) is 6.92 Å². The smallest absolute Gasteiger partial charge is 0.141 e. The maximum Gasteiger partial charge on any atom is 0.141 e. The van der Waals surface area contributed by atoms with Gasteiger partial charge in [0, 0.05) is 24.3 Å². The Kier molecular flexibility index (Phi) is 2.67. The molecule has 0 aliphatic heterocycles. The van der Waals surface area contributed by atoms with Gasteiger partial charge in [-0.3, -0.25) is 0 Å². The Morgan fingerprint density at radius 3 is 3.00 bits per heavy atom. The molecule has 0 aliphatic rings. The largest absolute Gasteiger partial charge is 0.392 e. The topological polar surface area (TPSA) is 38.0 Å². The van der Waals surface area contributed by atoms with Crippen molar-refractivity contribution in [2.75, 3.05) is 0 Å². The van der Waals surface area contributed by atoms with Crippen molar-refractivity contribution in [2.45, 2.75) is 26.5 Å². The molecular formula is C11H13ClN2O. The van der Waals surface area contributed by atoms with Crippen molar-refractivity contribution in [3.63, 3.8) is 0 Å². The van der Waals surface area contributed by atoms with Crippen LogP contribution in [0.1, 0.15) is 12.5 Å². The highest BCUT2D eigenvalue weighted by Crippen LogP contribution is 2.26.